The van der Waals surface area contributed by atoms with E-state index in [-0.39, 0.29) is 6.04 Å². The van der Waals surface area contributed by atoms with Crippen LogP contribution in [0.4, 0.5) is 0 Å². The summed E-state index contributed by atoms with van der Waals surface area (Å²) in [5.74, 6) is 6.54. The normalized spacial score (nSPS) is 12.3. The topological polar surface area (TPSA) is 50.9 Å². The molecule has 0 aliphatic rings. The van der Waals surface area contributed by atoms with Crippen LogP contribution in [0, 0.1) is 6.92 Å². The highest BCUT2D eigenvalue weighted by atomic mass is 35.5. The zero-order valence-corrected chi connectivity index (χ0v) is 12.9. The molecule has 0 aliphatic carbocycles. The van der Waals surface area contributed by atoms with E-state index in [9.17, 15) is 0 Å². The summed E-state index contributed by atoms with van der Waals surface area (Å²) in [7, 11) is 0. The highest BCUT2D eigenvalue weighted by Crippen LogP contribution is 2.24. The number of hydrogen-bond acceptors (Lipinski definition) is 4. The highest BCUT2D eigenvalue weighted by Gasteiger charge is 2.11. The molecule has 0 amide bonds. The van der Waals surface area contributed by atoms with Crippen LogP contribution in [-0.4, -0.2) is 16.8 Å². The van der Waals surface area contributed by atoms with Gasteiger partial charge in [-0.3, -0.25) is 16.3 Å². The van der Waals surface area contributed by atoms with Crippen molar-refractivity contribution in [3.63, 3.8) is 0 Å². The summed E-state index contributed by atoms with van der Waals surface area (Å²) in [5, 5.41) is 0.689. The molecule has 0 aliphatic heterocycles. The molecule has 0 saturated carbocycles. The van der Waals surface area contributed by atoms with E-state index in [2.05, 4.69) is 41.6 Å². The molecule has 2 rings (SSSR count). The van der Waals surface area contributed by atoms with Gasteiger partial charge in [0.25, 0.3) is 0 Å². The van der Waals surface area contributed by atoms with Crippen molar-refractivity contribution in [2.24, 2.45) is 5.84 Å². The second kappa shape index (κ2) is 7.64. The third-order valence-corrected chi connectivity index (χ3v) is 4.77. The van der Waals surface area contributed by atoms with Gasteiger partial charge >= 0.3 is 0 Å². The Morgan fingerprint density at radius 3 is 2.85 bits per heavy atom. The third kappa shape index (κ3) is 4.21. The number of aromatic nitrogens is 1. The molecule has 0 bridgehead atoms. The fraction of sp³-hybridized carbons (Fsp3) is 0.267. The van der Waals surface area contributed by atoms with E-state index in [0.717, 1.165) is 17.7 Å². The first-order valence-corrected chi connectivity index (χ1v) is 7.80. The molecule has 0 radical (unpaired) electrons. The van der Waals surface area contributed by atoms with Crippen LogP contribution in [0.2, 0.25) is 5.02 Å². The summed E-state index contributed by atoms with van der Waals surface area (Å²) in [4.78, 5) is 5.28. The van der Waals surface area contributed by atoms with Crippen LogP contribution in [0.15, 0.2) is 47.6 Å². The van der Waals surface area contributed by atoms with E-state index in [1.807, 2.05) is 6.07 Å². The second-order valence-corrected chi connectivity index (χ2v) is 6.08. The van der Waals surface area contributed by atoms with Crippen LogP contribution in [0.3, 0.4) is 0 Å². The van der Waals surface area contributed by atoms with Crippen molar-refractivity contribution in [2.45, 2.75) is 24.3 Å². The number of nitrogens with two attached hydrogens (primary N) is 1. The minimum absolute atomic E-state index is 0.166. The molecule has 0 fully saturated rings. The first-order chi connectivity index (χ1) is 9.70. The lowest BCUT2D eigenvalue weighted by atomic mass is 10.1. The number of benzene rings is 1. The maximum Gasteiger partial charge on any atom is 0.0621 e. The molecule has 1 atom stereocenters. The average molecular weight is 308 g/mol. The number of pyridine rings is 1. The maximum atomic E-state index is 6.13. The maximum absolute atomic E-state index is 6.13. The van der Waals surface area contributed by atoms with Crippen molar-refractivity contribution in [3.05, 3.63) is 58.9 Å². The summed E-state index contributed by atoms with van der Waals surface area (Å²) in [6, 6.07) is 10.5. The monoisotopic (exact) mass is 307 g/mol. The van der Waals surface area contributed by atoms with E-state index in [0.29, 0.717) is 5.02 Å². The zero-order chi connectivity index (χ0) is 14.4. The van der Waals surface area contributed by atoms with Gasteiger partial charge in [-0.25, -0.2) is 0 Å². The number of hydrogen-bond donors (Lipinski definition) is 2. The van der Waals surface area contributed by atoms with Gasteiger partial charge in [-0.15, -0.1) is 11.8 Å². The van der Waals surface area contributed by atoms with Crippen LogP contribution >= 0.6 is 23.4 Å². The van der Waals surface area contributed by atoms with Crippen molar-refractivity contribution in [2.75, 3.05) is 5.75 Å². The van der Waals surface area contributed by atoms with Crippen molar-refractivity contribution < 1.29 is 0 Å². The van der Waals surface area contributed by atoms with Gasteiger partial charge in [0.05, 0.1) is 5.02 Å². The minimum atomic E-state index is 0.166. The van der Waals surface area contributed by atoms with Gasteiger partial charge in [0.2, 0.25) is 0 Å². The fourth-order valence-corrected chi connectivity index (χ4v) is 3.17. The third-order valence-electron chi connectivity index (χ3n) is 3.09. The van der Waals surface area contributed by atoms with Crippen LogP contribution in [0.1, 0.15) is 11.1 Å². The minimum Gasteiger partial charge on any atom is -0.271 e. The van der Waals surface area contributed by atoms with E-state index < -0.39 is 0 Å². The Morgan fingerprint density at radius 2 is 2.15 bits per heavy atom. The molecule has 2 aromatic rings. The van der Waals surface area contributed by atoms with E-state index in [4.69, 9.17) is 17.4 Å². The largest absolute Gasteiger partial charge is 0.271 e. The molecule has 20 heavy (non-hydrogen) atoms. The Labute approximate surface area is 128 Å². The predicted molar refractivity (Wildman–Crippen MR) is 86.0 cm³/mol. The van der Waals surface area contributed by atoms with E-state index >= 15 is 0 Å². The first-order valence-electron chi connectivity index (χ1n) is 6.43. The van der Waals surface area contributed by atoms with Gasteiger partial charge in [0.15, 0.2) is 0 Å². The molecule has 1 unspecified atom stereocenters. The Morgan fingerprint density at radius 1 is 1.35 bits per heavy atom. The van der Waals surface area contributed by atoms with Crippen molar-refractivity contribution in [1.82, 2.24) is 10.4 Å². The lowest BCUT2D eigenvalue weighted by Gasteiger charge is -2.16. The summed E-state index contributed by atoms with van der Waals surface area (Å²) in [6.45, 7) is 2.12. The molecular weight excluding hydrogens is 290 g/mol. The average Bonchev–Trinajstić information content (AvgIpc) is 2.47. The highest BCUT2D eigenvalue weighted by molar-refractivity contribution is 7.99. The molecule has 1 heterocycles. The van der Waals surface area contributed by atoms with E-state index in [1.165, 1.54) is 10.5 Å². The van der Waals surface area contributed by atoms with Crippen molar-refractivity contribution >= 4 is 23.4 Å². The van der Waals surface area contributed by atoms with Crippen LogP contribution in [-0.2, 0) is 6.42 Å². The SMILES string of the molecule is Cc1ccccc1SCC(Cc1ccncc1Cl)NN. The quantitative estimate of drug-likeness (QED) is 0.489. The second-order valence-electron chi connectivity index (χ2n) is 4.61. The number of thioether (sulfide) groups is 1. The number of hydrazine groups is 1. The number of rotatable bonds is 6. The van der Waals surface area contributed by atoms with E-state index in [1.54, 1.807) is 24.2 Å². The molecule has 0 saturated heterocycles. The number of nitrogens with zero attached hydrogens (tertiary/aromatic N) is 1. The zero-order valence-electron chi connectivity index (χ0n) is 11.3. The van der Waals surface area contributed by atoms with Gasteiger partial charge in [-0.2, -0.15) is 0 Å². The van der Waals surface area contributed by atoms with Crippen LogP contribution < -0.4 is 11.3 Å². The van der Waals surface area contributed by atoms with Crippen molar-refractivity contribution in [1.29, 1.82) is 0 Å². The molecule has 3 nitrogen and oxygen atoms in total. The molecule has 5 heteroatoms. The smallest absolute Gasteiger partial charge is 0.0621 e. The lowest BCUT2D eigenvalue weighted by molar-refractivity contribution is 0.575. The number of halogens is 1. The van der Waals surface area contributed by atoms with Crippen LogP contribution in [0.5, 0.6) is 0 Å². The molecule has 1 aromatic carbocycles. The summed E-state index contributed by atoms with van der Waals surface area (Å²) < 4.78 is 0. The first kappa shape index (κ1) is 15.3. The molecule has 3 N–H and O–H groups in total. The fourth-order valence-electron chi connectivity index (χ4n) is 1.91. The Bertz CT molecular complexity index is 562. The summed E-state index contributed by atoms with van der Waals surface area (Å²) in [6.07, 6.45) is 4.21. The van der Waals surface area contributed by atoms with Gasteiger partial charge in [0, 0.05) is 29.1 Å². The Kier molecular flexibility index (Phi) is 5.86. The van der Waals surface area contributed by atoms with Gasteiger partial charge < -0.3 is 0 Å². The Balaban J connectivity index is 1.96. The van der Waals surface area contributed by atoms with Crippen LogP contribution in [0.25, 0.3) is 0 Å². The van der Waals surface area contributed by atoms with Gasteiger partial charge in [-0.1, -0.05) is 29.8 Å². The van der Waals surface area contributed by atoms with Gasteiger partial charge in [-0.05, 0) is 36.6 Å². The standard InChI is InChI=1S/C15H18ClN3S/c1-11-4-2-3-5-15(11)20-10-13(19-17)8-12-6-7-18-9-14(12)16/h2-7,9,13,19H,8,10,17H2,1H3. The molecular formula is C15H18ClN3S. The number of aryl methyl sites for hydroxylation is 1. The molecule has 106 valence electrons. The molecule has 1 aromatic heterocycles. The Hall–Kier alpha value is -1.07. The predicted octanol–water partition coefficient (Wildman–Crippen LogP) is 3.21. The van der Waals surface area contributed by atoms with Gasteiger partial charge in [0.1, 0.15) is 0 Å². The lowest BCUT2D eigenvalue weighted by Crippen LogP contribution is -2.38. The summed E-state index contributed by atoms with van der Waals surface area (Å²) in [5.41, 5.74) is 5.22. The van der Waals surface area contributed by atoms with Crippen molar-refractivity contribution in [3.8, 4) is 0 Å². The number of nitrogens with one attached hydrogen (secondary N) is 1. The molecule has 0 spiro atoms. The summed E-state index contributed by atoms with van der Waals surface area (Å²) >= 11 is 7.93.